The van der Waals surface area contributed by atoms with Crippen molar-refractivity contribution < 1.29 is 8.78 Å². The molecule has 1 N–H and O–H groups in total. The van der Waals surface area contributed by atoms with E-state index in [4.69, 9.17) is 0 Å². The fourth-order valence-corrected chi connectivity index (χ4v) is 2.27. The van der Waals surface area contributed by atoms with Gasteiger partial charge in [0.1, 0.15) is 5.82 Å². The minimum Gasteiger partial charge on any atom is -0.378 e. The molecular weight excluding hydrogens is 316 g/mol. The molecular formula is C13H14BrF2N3. The molecule has 0 aliphatic carbocycles. The van der Waals surface area contributed by atoms with Gasteiger partial charge in [-0.2, -0.15) is 8.78 Å². The summed E-state index contributed by atoms with van der Waals surface area (Å²) in [7, 11) is 0. The highest BCUT2D eigenvalue weighted by Crippen LogP contribution is 2.22. The standard InChI is InChI=1S/C13H14BrF2N3/c1-2-9-7-10(14)3-4-11(9)18-8-12-17-5-6-19(12)13(15)16/h3-7,13,18H,2,8H2,1H3. The third kappa shape index (κ3) is 3.32. The third-order valence-electron chi connectivity index (χ3n) is 2.84. The van der Waals surface area contributed by atoms with Gasteiger partial charge >= 0.3 is 6.55 Å². The van der Waals surface area contributed by atoms with Gasteiger partial charge in [0, 0.05) is 22.6 Å². The molecule has 0 saturated carbocycles. The van der Waals surface area contributed by atoms with E-state index in [9.17, 15) is 8.78 Å². The molecule has 3 nitrogen and oxygen atoms in total. The molecule has 0 atom stereocenters. The van der Waals surface area contributed by atoms with Gasteiger partial charge in [0.05, 0.1) is 6.54 Å². The summed E-state index contributed by atoms with van der Waals surface area (Å²) in [5, 5.41) is 3.15. The van der Waals surface area contributed by atoms with Crippen LogP contribution in [0.25, 0.3) is 0 Å². The van der Waals surface area contributed by atoms with Crippen LogP contribution < -0.4 is 5.32 Å². The summed E-state index contributed by atoms with van der Waals surface area (Å²) in [5.74, 6) is 0.319. The van der Waals surface area contributed by atoms with Crippen LogP contribution in [0.5, 0.6) is 0 Å². The van der Waals surface area contributed by atoms with Crippen LogP contribution in [0.1, 0.15) is 24.9 Å². The van der Waals surface area contributed by atoms with E-state index < -0.39 is 6.55 Å². The van der Waals surface area contributed by atoms with E-state index in [0.717, 1.165) is 26.7 Å². The van der Waals surface area contributed by atoms with Crippen molar-refractivity contribution in [1.29, 1.82) is 0 Å². The van der Waals surface area contributed by atoms with Crippen LogP contribution in [0.3, 0.4) is 0 Å². The molecule has 102 valence electrons. The smallest absolute Gasteiger partial charge is 0.319 e. The lowest BCUT2D eigenvalue weighted by Crippen LogP contribution is -2.10. The first-order chi connectivity index (χ1) is 9.11. The first kappa shape index (κ1) is 14.0. The Morgan fingerprint density at radius 3 is 2.89 bits per heavy atom. The van der Waals surface area contributed by atoms with E-state index in [1.807, 2.05) is 25.1 Å². The minimum atomic E-state index is -2.56. The Hall–Kier alpha value is -1.43. The summed E-state index contributed by atoms with van der Waals surface area (Å²) < 4.78 is 27.2. The summed E-state index contributed by atoms with van der Waals surface area (Å²) in [6.07, 6.45) is 3.53. The maximum absolute atomic E-state index is 12.7. The van der Waals surface area contributed by atoms with Crippen LogP contribution in [0.15, 0.2) is 35.1 Å². The van der Waals surface area contributed by atoms with Crippen molar-refractivity contribution in [3.8, 4) is 0 Å². The summed E-state index contributed by atoms with van der Waals surface area (Å²) in [6.45, 7) is -0.242. The second kappa shape index (κ2) is 6.14. The largest absolute Gasteiger partial charge is 0.378 e. The van der Waals surface area contributed by atoms with Crippen molar-refractivity contribution in [3.05, 3.63) is 46.5 Å². The van der Waals surface area contributed by atoms with Gasteiger partial charge in [-0.1, -0.05) is 22.9 Å². The number of anilines is 1. The molecule has 6 heteroatoms. The maximum atomic E-state index is 12.7. The number of benzene rings is 1. The van der Waals surface area contributed by atoms with Gasteiger partial charge < -0.3 is 5.32 Å². The molecule has 0 unspecified atom stereocenters. The van der Waals surface area contributed by atoms with E-state index in [1.165, 1.54) is 12.4 Å². The zero-order valence-electron chi connectivity index (χ0n) is 10.4. The van der Waals surface area contributed by atoms with Gasteiger partial charge in [-0.25, -0.2) is 4.98 Å². The zero-order valence-corrected chi connectivity index (χ0v) is 12.0. The second-order valence-electron chi connectivity index (χ2n) is 4.04. The minimum absolute atomic E-state index is 0.270. The molecule has 0 amide bonds. The summed E-state index contributed by atoms with van der Waals surface area (Å²) in [4.78, 5) is 3.94. The SMILES string of the molecule is CCc1cc(Br)ccc1NCc1nccn1C(F)F. The highest BCUT2D eigenvalue weighted by Gasteiger charge is 2.11. The highest BCUT2D eigenvalue weighted by molar-refractivity contribution is 9.10. The monoisotopic (exact) mass is 329 g/mol. The average molecular weight is 330 g/mol. The van der Waals surface area contributed by atoms with Crippen LogP contribution in [0.2, 0.25) is 0 Å². The Morgan fingerprint density at radius 1 is 1.42 bits per heavy atom. The molecule has 0 aliphatic heterocycles. The summed E-state index contributed by atoms with van der Waals surface area (Å²) >= 11 is 3.41. The molecule has 0 spiro atoms. The average Bonchev–Trinajstić information content (AvgIpc) is 2.85. The summed E-state index contributed by atoms with van der Waals surface area (Å²) in [6, 6.07) is 5.86. The molecule has 1 aromatic carbocycles. The second-order valence-corrected chi connectivity index (χ2v) is 4.95. The first-order valence-electron chi connectivity index (χ1n) is 5.94. The maximum Gasteiger partial charge on any atom is 0.319 e. The van der Waals surface area contributed by atoms with Gasteiger partial charge in [0.25, 0.3) is 0 Å². The molecule has 19 heavy (non-hydrogen) atoms. The van der Waals surface area contributed by atoms with Crippen molar-refractivity contribution in [2.45, 2.75) is 26.4 Å². The van der Waals surface area contributed by atoms with Gasteiger partial charge in [-0.15, -0.1) is 0 Å². The Kier molecular flexibility index (Phi) is 4.52. The third-order valence-corrected chi connectivity index (χ3v) is 3.34. The number of rotatable bonds is 5. The van der Waals surface area contributed by atoms with Crippen LogP contribution >= 0.6 is 15.9 Å². The molecule has 0 radical (unpaired) electrons. The lowest BCUT2D eigenvalue weighted by Gasteiger charge is -2.12. The van der Waals surface area contributed by atoms with Crippen LogP contribution in [-0.2, 0) is 13.0 Å². The lowest BCUT2D eigenvalue weighted by atomic mass is 10.1. The number of imidazole rings is 1. The molecule has 2 aromatic rings. The van der Waals surface area contributed by atoms with Crippen LogP contribution in [0.4, 0.5) is 14.5 Å². The van der Waals surface area contributed by atoms with Crippen LogP contribution in [0, 0.1) is 0 Å². The number of nitrogens with zero attached hydrogens (tertiary/aromatic N) is 2. The van der Waals surface area contributed by atoms with Crippen molar-refractivity contribution in [3.63, 3.8) is 0 Å². The van der Waals surface area contributed by atoms with E-state index in [1.54, 1.807) is 0 Å². The van der Waals surface area contributed by atoms with Crippen molar-refractivity contribution in [2.75, 3.05) is 5.32 Å². The number of hydrogen-bond acceptors (Lipinski definition) is 2. The van der Waals surface area contributed by atoms with Gasteiger partial charge in [0.15, 0.2) is 0 Å². The number of alkyl halides is 2. The topological polar surface area (TPSA) is 29.9 Å². The Balaban J connectivity index is 2.12. The normalized spacial score (nSPS) is 11.0. The van der Waals surface area contributed by atoms with E-state index >= 15 is 0 Å². The number of halogens is 3. The van der Waals surface area contributed by atoms with E-state index in [2.05, 4.69) is 26.2 Å². The Bertz CT molecular complexity index is 555. The van der Waals surface area contributed by atoms with Crippen LogP contribution in [-0.4, -0.2) is 9.55 Å². The Labute approximate surface area is 118 Å². The fourth-order valence-electron chi connectivity index (χ4n) is 1.86. The van der Waals surface area contributed by atoms with E-state index in [0.29, 0.717) is 5.82 Å². The zero-order chi connectivity index (χ0) is 13.8. The predicted molar refractivity (Wildman–Crippen MR) is 74.3 cm³/mol. The quantitative estimate of drug-likeness (QED) is 0.890. The van der Waals surface area contributed by atoms with E-state index in [-0.39, 0.29) is 6.54 Å². The van der Waals surface area contributed by atoms with Gasteiger partial charge in [-0.05, 0) is 30.2 Å². The molecule has 2 rings (SSSR count). The Morgan fingerprint density at radius 2 is 2.21 bits per heavy atom. The molecule has 0 fully saturated rings. The van der Waals surface area contributed by atoms with Crippen molar-refractivity contribution in [2.24, 2.45) is 0 Å². The predicted octanol–water partition coefficient (Wildman–Crippen LogP) is 4.22. The molecule has 1 aromatic heterocycles. The molecule has 1 heterocycles. The van der Waals surface area contributed by atoms with Gasteiger partial charge in [0.2, 0.25) is 0 Å². The number of hydrogen-bond donors (Lipinski definition) is 1. The van der Waals surface area contributed by atoms with Crippen molar-refractivity contribution in [1.82, 2.24) is 9.55 Å². The fraction of sp³-hybridized carbons (Fsp3) is 0.308. The molecule has 0 aliphatic rings. The molecule has 0 saturated heterocycles. The number of aryl methyl sites for hydroxylation is 1. The number of nitrogens with one attached hydrogen (secondary N) is 1. The highest BCUT2D eigenvalue weighted by atomic mass is 79.9. The first-order valence-corrected chi connectivity index (χ1v) is 6.73. The molecule has 0 bridgehead atoms. The van der Waals surface area contributed by atoms with Crippen molar-refractivity contribution >= 4 is 21.6 Å². The number of aromatic nitrogens is 2. The van der Waals surface area contributed by atoms with Gasteiger partial charge in [-0.3, -0.25) is 4.57 Å². The summed E-state index contributed by atoms with van der Waals surface area (Å²) in [5.41, 5.74) is 2.07. The lowest BCUT2D eigenvalue weighted by molar-refractivity contribution is 0.0673.